The van der Waals surface area contributed by atoms with Crippen LogP contribution >= 0.6 is 23.2 Å². The number of nitrogens with one attached hydrogen (secondary N) is 1. The van der Waals surface area contributed by atoms with Gasteiger partial charge in [-0.05, 0) is 67.3 Å². The molecular weight excluding hydrogens is 609 g/mol. The number of hydrogen-bond donors (Lipinski definition) is 1. The molecule has 0 spiro atoms. The summed E-state index contributed by atoms with van der Waals surface area (Å²) >= 11 is 12.5. The number of hydrogen-bond acceptors (Lipinski definition) is 5. The van der Waals surface area contributed by atoms with Gasteiger partial charge >= 0.3 is 0 Å². The van der Waals surface area contributed by atoms with Gasteiger partial charge in [0, 0.05) is 19.0 Å². The lowest BCUT2D eigenvalue weighted by Gasteiger charge is -2.34. The summed E-state index contributed by atoms with van der Waals surface area (Å²) in [7, 11) is -3.87. The van der Waals surface area contributed by atoms with Crippen molar-refractivity contribution < 1.29 is 22.7 Å². The molecule has 0 radical (unpaired) electrons. The molecule has 0 aromatic heterocycles. The largest absolute Gasteiger partial charge is 0.494 e. The molecule has 0 aliphatic heterocycles. The molecule has 0 heterocycles. The van der Waals surface area contributed by atoms with Crippen LogP contribution in [0.4, 0.5) is 5.69 Å². The fraction of sp³-hybridized carbons (Fsp3) is 0.375. The van der Waals surface area contributed by atoms with Crippen molar-refractivity contribution in [1.29, 1.82) is 0 Å². The predicted molar refractivity (Wildman–Crippen MR) is 171 cm³/mol. The van der Waals surface area contributed by atoms with E-state index in [1.54, 1.807) is 42.5 Å². The molecule has 1 aliphatic rings. The lowest BCUT2D eigenvalue weighted by molar-refractivity contribution is -0.140. The second kappa shape index (κ2) is 14.9. The molecule has 1 fully saturated rings. The van der Waals surface area contributed by atoms with Gasteiger partial charge in [-0.2, -0.15) is 0 Å². The van der Waals surface area contributed by atoms with Crippen LogP contribution in [0.1, 0.15) is 43.7 Å². The highest BCUT2D eigenvalue weighted by Gasteiger charge is 2.34. The van der Waals surface area contributed by atoms with Crippen LogP contribution in [-0.4, -0.2) is 56.6 Å². The van der Waals surface area contributed by atoms with Crippen molar-refractivity contribution in [2.45, 2.75) is 57.7 Å². The average Bonchev–Trinajstić information content (AvgIpc) is 3.49. The first-order valence-electron chi connectivity index (χ1n) is 14.3. The molecule has 8 nitrogen and oxygen atoms in total. The first-order chi connectivity index (χ1) is 20.5. The van der Waals surface area contributed by atoms with Crippen molar-refractivity contribution >= 4 is 50.7 Å². The highest BCUT2D eigenvalue weighted by atomic mass is 35.5. The van der Waals surface area contributed by atoms with Gasteiger partial charge < -0.3 is 15.0 Å². The van der Waals surface area contributed by atoms with E-state index in [2.05, 4.69) is 5.32 Å². The van der Waals surface area contributed by atoms with E-state index in [1.807, 2.05) is 37.3 Å². The standard InChI is InChI=1S/C32H37Cl2N3O5S/c1-3-42-27-16-14-26(15-17-27)37(43(2,40)41)22-31(38)36(21-24-13-18-28(33)29(34)19-24)30(20-23-9-5-4-6-10-23)32(39)35-25-11-7-8-12-25/h4-6,9-10,13-19,25,30H,3,7-8,11-12,20-22H2,1-2H3,(H,35,39)/t30-/m1/s1. The number of rotatable bonds is 13. The van der Waals surface area contributed by atoms with Crippen molar-refractivity contribution in [2.24, 2.45) is 0 Å². The Morgan fingerprint density at radius 1 is 0.953 bits per heavy atom. The normalized spacial score (nSPS) is 14.2. The van der Waals surface area contributed by atoms with E-state index in [1.165, 1.54) is 4.90 Å². The number of carbonyl (C=O) groups is 2. The van der Waals surface area contributed by atoms with Gasteiger partial charge in [0.1, 0.15) is 18.3 Å². The number of nitrogens with zero attached hydrogens (tertiary/aromatic N) is 2. The predicted octanol–water partition coefficient (Wildman–Crippen LogP) is 5.86. The highest BCUT2D eigenvalue weighted by Crippen LogP contribution is 2.26. The van der Waals surface area contributed by atoms with Crippen LogP contribution in [0, 0.1) is 0 Å². The topological polar surface area (TPSA) is 96.0 Å². The van der Waals surface area contributed by atoms with Crippen LogP contribution in [0.3, 0.4) is 0 Å². The number of anilines is 1. The average molecular weight is 647 g/mol. The first-order valence-corrected chi connectivity index (χ1v) is 16.9. The Bertz CT molecular complexity index is 1500. The Kier molecular flexibility index (Phi) is 11.3. The minimum Gasteiger partial charge on any atom is -0.494 e. The van der Waals surface area contributed by atoms with E-state index in [-0.39, 0.29) is 24.9 Å². The lowest BCUT2D eigenvalue weighted by atomic mass is 10.0. The van der Waals surface area contributed by atoms with Gasteiger partial charge in [-0.3, -0.25) is 13.9 Å². The molecule has 0 bridgehead atoms. The summed E-state index contributed by atoms with van der Waals surface area (Å²) in [5.74, 6) is -0.234. The smallest absolute Gasteiger partial charge is 0.244 e. The number of amides is 2. The molecule has 43 heavy (non-hydrogen) atoms. The quantitative estimate of drug-likeness (QED) is 0.251. The zero-order valence-corrected chi connectivity index (χ0v) is 26.7. The second-order valence-electron chi connectivity index (χ2n) is 10.7. The summed E-state index contributed by atoms with van der Waals surface area (Å²) in [6, 6.07) is 20.1. The number of ether oxygens (including phenoxy) is 1. The maximum absolute atomic E-state index is 14.2. The zero-order chi connectivity index (χ0) is 31.0. The molecule has 3 aromatic carbocycles. The molecule has 3 aromatic rings. The molecule has 11 heteroatoms. The van der Waals surface area contributed by atoms with Gasteiger partial charge in [0.15, 0.2) is 0 Å². The molecular formula is C32H37Cl2N3O5S. The van der Waals surface area contributed by atoms with Crippen LogP contribution in [0.5, 0.6) is 5.75 Å². The number of carbonyl (C=O) groups excluding carboxylic acids is 2. The Labute approximate surface area is 264 Å². The van der Waals surface area contributed by atoms with Gasteiger partial charge in [-0.15, -0.1) is 0 Å². The molecule has 1 aliphatic carbocycles. The van der Waals surface area contributed by atoms with Crippen molar-refractivity contribution in [3.8, 4) is 5.75 Å². The summed E-state index contributed by atoms with van der Waals surface area (Å²) in [5.41, 5.74) is 1.83. The summed E-state index contributed by atoms with van der Waals surface area (Å²) in [6.45, 7) is 1.83. The Balaban J connectivity index is 1.72. The number of sulfonamides is 1. The van der Waals surface area contributed by atoms with E-state index in [4.69, 9.17) is 27.9 Å². The number of halogens is 2. The highest BCUT2D eigenvalue weighted by molar-refractivity contribution is 7.92. The molecule has 1 N–H and O–H groups in total. The summed E-state index contributed by atoms with van der Waals surface area (Å²) in [6.07, 6.45) is 5.12. The Morgan fingerprint density at radius 3 is 2.23 bits per heavy atom. The van der Waals surface area contributed by atoms with Crippen LogP contribution in [-0.2, 0) is 32.6 Å². The zero-order valence-electron chi connectivity index (χ0n) is 24.3. The maximum atomic E-state index is 14.2. The molecule has 0 saturated heterocycles. The lowest BCUT2D eigenvalue weighted by Crippen LogP contribution is -2.54. The van der Waals surface area contributed by atoms with Gasteiger partial charge in [-0.1, -0.05) is 72.4 Å². The minimum atomic E-state index is -3.87. The van der Waals surface area contributed by atoms with Crippen LogP contribution < -0.4 is 14.4 Å². The van der Waals surface area contributed by atoms with Gasteiger partial charge in [0.25, 0.3) is 0 Å². The van der Waals surface area contributed by atoms with E-state index in [0.29, 0.717) is 33.7 Å². The van der Waals surface area contributed by atoms with Crippen molar-refractivity contribution in [3.05, 3.63) is 94.0 Å². The molecule has 1 atom stereocenters. The van der Waals surface area contributed by atoms with Crippen molar-refractivity contribution in [1.82, 2.24) is 10.2 Å². The second-order valence-corrected chi connectivity index (χ2v) is 13.4. The maximum Gasteiger partial charge on any atom is 0.244 e. The van der Waals surface area contributed by atoms with Crippen molar-refractivity contribution in [3.63, 3.8) is 0 Å². The first kappa shape index (κ1) is 32.6. The van der Waals surface area contributed by atoms with E-state index in [0.717, 1.165) is 41.8 Å². The third-order valence-corrected chi connectivity index (χ3v) is 9.30. The summed E-state index contributed by atoms with van der Waals surface area (Å²) in [5, 5.41) is 3.82. The molecule has 2 amide bonds. The van der Waals surface area contributed by atoms with E-state index in [9.17, 15) is 18.0 Å². The molecule has 4 rings (SSSR count). The molecule has 230 valence electrons. The summed E-state index contributed by atoms with van der Waals surface area (Å²) in [4.78, 5) is 29.6. The molecule has 0 unspecified atom stereocenters. The van der Waals surface area contributed by atoms with Crippen molar-refractivity contribution in [2.75, 3.05) is 23.7 Å². The third kappa shape index (κ3) is 9.11. The summed E-state index contributed by atoms with van der Waals surface area (Å²) < 4.78 is 32.5. The van der Waals surface area contributed by atoms with Crippen LogP contribution in [0.15, 0.2) is 72.8 Å². The Hall–Kier alpha value is -3.27. The monoisotopic (exact) mass is 645 g/mol. The minimum absolute atomic E-state index is 0.0200. The molecule has 1 saturated carbocycles. The van der Waals surface area contributed by atoms with Crippen LogP contribution in [0.25, 0.3) is 0 Å². The fourth-order valence-corrected chi connectivity index (χ4v) is 6.42. The van der Waals surface area contributed by atoms with Gasteiger partial charge in [0.05, 0.1) is 28.6 Å². The SMILES string of the molecule is CCOc1ccc(N(CC(=O)N(Cc2ccc(Cl)c(Cl)c2)[C@H](Cc2ccccc2)C(=O)NC2CCCC2)S(C)(=O)=O)cc1. The fourth-order valence-electron chi connectivity index (χ4n) is 5.25. The Morgan fingerprint density at radius 2 is 1.63 bits per heavy atom. The van der Waals surface area contributed by atoms with Gasteiger partial charge in [-0.25, -0.2) is 8.42 Å². The van der Waals surface area contributed by atoms with E-state index < -0.39 is 28.5 Å². The van der Waals surface area contributed by atoms with Crippen LogP contribution in [0.2, 0.25) is 10.0 Å². The van der Waals surface area contributed by atoms with E-state index >= 15 is 0 Å². The third-order valence-electron chi connectivity index (χ3n) is 7.42. The number of benzene rings is 3. The van der Waals surface area contributed by atoms with Gasteiger partial charge in [0.2, 0.25) is 21.8 Å².